The molecule has 82 valence electrons. The molecule has 0 saturated heterocycles. The van der Waals surface area contributed by atoms with Gasteiger partial charge in [0, 0.05) is 18.5 Å². The quantitative estimate of drug-likeness (QED) is 0.739. The Balaban J connectivity index is 2.12. The largest absolute Gasteiger partial charge is 0.336 e. The zero-order valence-corrected chi connectivity index (χ0v) is 8.80. The molecule has 0 bridgehead atoms. The summed E-state index contributed by atoms with van der Waals surface area (Å²) in [7, 11) is 0. The maximum Gasteiger partial charge on any atom is 0.267 e. The summed E-state index contributed by atoms with van der Waals surface area (Å²) in [5.41, 5.74) is 1.61. The van der Waals surface area contributed by atoms with Crippen LogP contribution in [0.25, 0.3) is 0 Å². The molecule has 5 heteroatoms. The van der Waals surface area contributed by atoms with E-state index in [1.807, 2.05) is 6.92 Å². The van der Waals surface area contributed by atoms with E-state index >= 15 is 0 Å². The Bertz CT molecular complexity index is 419. The lowest BCUT2D eigenvalue weighted by atomic mass is 10.1. The van der Waals surface area contributed by atoms with Gasteiger partial charge in [0.05, 0.1) is 12.2 Å². The molecule has 2 heterocycles. The molecule has 2 N–H and O–H groups in total. The number of nitrogens with zero attached hydrogens (tertiary/aromatic N) is 1. The number of nitrogens with one attached hydrogen (secondary N) is 2. The fourth-order valence-corrected chi connectivity index (χ4v) is 1.92. The van der Waals surface area contributed by atoms with Crippen LogP contribution in [0.3, 0.4) is 0 Å². The molecule has 1 aromatic rings. The monoisotopic (exact) mass is 209 g/mol. The Labute approximate surface area is 87.5 Å². The molecule has 0 saturated carbocycles. The number of aromatic amines is 2. The molecular weight excluding hydrogens is 194 g/mol. The number of hydrogen-bond acceptors (Lipinski definition) is 2. The lowest BCUT2D eigenvalue weighted by molar-refractivity contribution is -0.132. The van der Waals surface area contributed by atoms with E-state index in [0.29, 0.717) is 25.9 Å². The molecule has 1 amide bonds. The van der Waals surface area contributed by atoms with Gasteiger partial charge in [-0.25, -0.2) is 0 Å². The number of rotatable bonds is 2. The smallest absolute Gasteiger partial charge is 0.267 e. The third-order valence-corrected chi connectivity index (χ3v) is 2.76. The lowest BCUT2D eigenvalue weighted by Crippen LogP contribution is -2.36. The Morgan fingerprint density at radius 2 is 2.27 bits per heavy atom. The van der Waals surface area contributed by atoms with Crippen LogP contribution in [0.2, 0.25) is 0 Å². The summed E-state index contributed by atoms with van der Waals surface area (Å²) in [6.45, 7) is 3.19. The highest BCUT2D eigenvalue weighted by Gasteiger charge is 2.22. The Morgan fingerprint density at radius 3 is 3.00 bits per heavy atom. The number of hydrogen-bond donors (Lipinski definition) is 2. The van der Waals surface area contributed by atoms with Crippen LogP contribution in [-0.4, -0.2) is 27.5 Å². The number of carbonyl (C=O) groups excluding carboxylic acids is 1. The highest BCUT2D eigenvalue weighted by Crippen LogP contribution is 2.14. The summed E-state index contributed by atoms with van der Waals surface area (Å²) in [6.07, 6.45) is 2.11. The van der Waals surface area contributed by atoms with Crippen LogP contribution in [-0.2, 0) is 17.8 Å². The van der Waals surface area contributed by atoms with Crippen LogP contribution >= 0.6 is 0 Å². The number of amides is 1. The standard InChI is InChI=1S/C10H15N3O2/c1-2-3-9(14)13-5-4-7-8(6-13)11-12-10(7)15/h2-6H2,1H3,(H2,11,12,15). The van der Waals surface area contributed by atoms with Gasteiger partial charge in [-0.05, 0) is 12.8 Å². The van der Waals surface area contributed by atoms with E-state index in [1.54, 1.807) is 4.90 Å². The van der Waals surface area contributed by atoms with Gasteiger partial charge in [0.1, 0.15) is 0 Å². The molecule has 1 aliphatic rings. The molecule has 0 fully saturated rings. The maximum atomic E-state index is 11.6. The summed E-state index contributed by atoms with van der Waals surface area (Å²) >= 11 is 0. The molecule has 0 radical (unpaired) electrons. The molecule has 0 atom stereocenters. The van der Waals surface area contributed by atoms with Gasteiger partial charge < -0.3 is 10.00 Å². The van der Waals surface area contributed by atoms with Crippen LogP contribution < -0.4 is 5.56 Å². The SMILES string of the molecule is CCCC(=O)N1CCc2c([nH][nH]c2=O)C1. The van der Waals surface area contributed by atoms with Gasteiger partial charge in [-0.1, -0.05) is 6.92 Å². The number of aromatic nitrogens is 2. The van der Waals surface area contributed by atoms with Crippen LogP contribution in [0.1, 0.15) is 31.0 Å². The van der Waals surface area contributed by atoms with Crippen molar-refractivity contribution >= 4 is 5.91 Å². The van der Waals surface area contributed by atoms with Gasteiger partial charge in [0.2, 0.25) is 5.91 Å². The van der Waals surface area contributed by atoms with Crippen molar-refractivity contribution in [3.05, 3.63) is 21.6 Å². The zero-order chi connectivity index (χ0) is 10.8. The Kier molecular flexibility index (Phi) is 2.62. The summed E-state index contributed by atoms with van der Waals surface area (Å²) < 4.78 is 0. The highest BCUT2D eigenvalue weighted by molar-refractivity contribution is 5.76. The van der Waals surface area contributed by atoms with E-state index in [4.69, 9.17) is 0 Å². The van der Waals surface area contributed by atoms with Crippen LogP contribution in [0.15, 0.2) is 4.79 Å². The second-order valence-corrected chi connectivity index (χ2v) is 3.85. The first-order valence-corrected chi connectivity index (χ1v) is 5.28. The van der Waals surface area contributed by atoms with Crippen molar-refractivity contribution in [3.8, 4) is 0 Å². The van der Waals surface area contributed by atoms with Gasteiger partial charge in [-0.3, -0.25) is 14.7 Å². The number of H-pyrrole nitrogens is 2. The van der Waals surface area contributed by atoms with Gasteiger partial charge in [0.25, 0.3) is 5.56 Å². The average molecular weight is 209 g/mol. The van der Waals surface area contributed by atoms with Gasteiger partial charge in [-0.15, -0.1) is 0 Å². The van der Waals surface area contributed by atoms with Crippen LogP contribution in [0, 0.1) is 0 Å². The Morgan fingerprint density at radius 1 is 1.47 bits per heavy atom. The van der Waals surface area contributed by atoms with Crippen molar-refractivity contribution in [1.29, 1.82) is 0 Å². The van der Waals surface area contributed by atoms with Crippen molar-refractivity contribution in [2.24, 2.45) is 0 Å². The Hall–Kier alpha value is -1.52. The van der Waals surface area contributed by atoms with E-state index in [2.05, 4.69) is 10.2 Å². The maximum absolute atomic E-state index is 11.6. The molecule has 1 aromatic heterocycles. The van der Waals surface area contributed by atoms with E-state index in [1.165, 1.54) is 0 Å². The minimum atomic E-state index is -0.0485. The first-order valence-electron chi connectivity index (χ1n) is 5.28. The second-order valence-electron chi connectivity index (χ2n) is 3.85. The topological polar surface area (TPSA) is 69.0 Å². The molecular formula is C10H15N3O2. The van der Waals surface area contributed by atoms with Crippen molar-refractivity contribution in [3.63, 3.8) is 0 Å². The molecule has 15 heavy (non-hydrogen) atoms. The third-order valence-electron chi connectivity index (χ3n) is 2.76. The summed E-state index contributed by atoms with van der Waals surface area (Å²) in [6, 6.07) is 0. The first kappa shape index (κ1) is 10.0. The first-order chi connectivity index (χ1) is 7.22. The summed E-state index contributed by atoms with van der Waals surface area (Å²) in [5, 5.41) is 5.37. The van der Waals surface area contributed by atoms with Crippen molar-refractivity contribution < 1.29 is 4.79 Å². The normalized spacial score (nSPS) is 15.1. The average Bonchev–Trinajstić information content (AvgIpc) is 2.60. The van der Waals surface area contributed by atoms with E-state index in [0.717, 1.165) is 17.7 Å². The molecule has 0 spiro atoms. The molecule has 0 unspecified atom stereocenters. The molecule has 0 aromatic carbocycles. The minimum Gasteiger partial charge on any atom is -0.336 e. The van der Waals surface area contributed by atoms with E-state index in [-0.39, 0.29) is 11.5 Å². The fraction of sp³-hybridized carbons (Fsp3) is 0.600. The van der Waals surface area contributed by atoms with Crippen molar-refractivity contribution in [1.82, 2.24) is 15.1 Å². The highest BCUT2D eigenvalue weighted by atomic mass is 16.2. The predicted molar refractivity (Wildman–Crippen MR) is 55.4 cm³/mol. The zero-order valence-electron chi connectivity index (χ0n) is 8.80. The molecule has 5 nitrogen and oxygen atoms in total. The minimum absolute atomic E-state index is 0.0485. The third kappa shape index (κ3) is 1.82. The predicted octanol–water partition coefficient (Wildman–Crippen LogP) is 0.388. The van der Waals surface area contributed by atoms with E-state index in [9.17, 15) is 9.59 Å². The summed E-state index contributed by atoms with van der Waals surface area (Å²) in [5.74, 6) is 0.171. The van der Waals surface area contributed by atoms with Crippen LogP contribution in [0.4, 0.5) is 0 Å². The van der Waals surface area contributed by atoms with E-state index < -0.39 is 0 Å². The fourth-order valence-electron chi connectivity index (χ4n) is 1.92. The number of carbonyl (C=O) groups is 1. The molecule has 0 aliphatic carbocycles. The number of fused-ring (bicyclic) bond motifs is 1. The lowest BCUT2D eigenvalue weighted by Gasteiger charge is -2.26. The summed E-state index contributed by atoms with van der Waals surface area (Å²) in [4.78, 5) is 24.7. The van der Waals surface area contributed by atoms with Crippen molar-refractivity contribution in [2.45, 2.75) is 32.7 Å². The van der Waals surface area contributed by atoms with Gasteiger partial charge in [0.15, 0.2) is 0 Å². The van der Waals surface area contributed by atoms with Gasteiger partial charge >= 0.3 is 0 Å². The second kappa shape index (κ2) is 3.92. The molecule has 2 rings (SSSR count). The van der Waals surface area contributed by atoms with Gasteiger partial charge in [-0.2, -0.15) is 0 Å². The molecule has 1 aliphatic heterocycles. The van der Waals surface area contributed by atoms with Crippen molar-refractivity contribution in [2.75, 3.05) is 6.54 Å². The van der Waals surface area contributed by atoms with Crippen LogP contribution in [0.5, 0.6) is 0 Å².